The summed E-state index contributed by atoms with van der Waals surface area (Å²) in [7, 11) is 0. The number of hydrogen-bond acceptors (Lipinski definition) is 5. The van der Waals surface area contributed by atoms with Gasteiger partial charge in [0.05, 0.1) is 12.4 Å². The minimum absolute atomic E-state index is 0.0151. The number of hydrogen-bond donors (Lipinski definition) is 1. The molecule has 0 radical (unpaired) electrons. The summed E-state index contributed by atoms with van der Waals surface area (Å²) in [4.78, 5) is 23.7. The summed E-state index contributed by atoms with van der Waals surface area (Å²) in [6.07, 6.45) is 5.43. The normalized spacial score (nSPS) is 24.0. The third-order valence-corrected chi connectivity index (χ3v) is 3.75. The maximum absolute atomic E-state index is 10.9. The number of carbonyl (C=O) groups is 1. The van der Waals surface area contributed by atoms with Crippen LogP contribution < -0.4 is 4.90 Å². The van der Waals surface area contributed by atoms with Crippen molar-refractivity contribution in [1.82, 2.24) is 14.9 Å². The lowest BCUT2D eigenvalue weighted by molar-refractivity contribution is 0.0690. The van der Waals surface area contributed by atoms with Crippen LogP contribution in [-0.4, -0.2) is 58.2 Å². The van der Waals surface area contributed by atoms with Crippen LogP contribution in [0.5, 0.6) is 0 Å². The van der Waals surface area contributed by atoms with E-state index < -0.39 is 5.97 Å². The average molecular weight is 248 g/mol. The predicted molar refractivity (Wildman–Crippen MR) is 65.8 cm³/mol. The van der Waals surface area contributed by atoms with E-state index in [0.717, 1.165) is 19.6 Å². The molecule has 2 fully saturated rings. The molecular formula is C12H16N4O2. The highest BCUT2D eigenvalue weighted by Gasteiger charge is 2.31. The van der Waals surface area contributed by atoms with Crippen molar-refractivity contribution in [2.45, 2.75) is 18.9 Å². The van der Waals surface area contributed by atoms with Gasteiger partial charge in [-0.2, -0.15) is 0 Å². The van der Waals surface area contributed by atoms with E-state index in [-0.39, 0.29) is 5.69 Å². The highest BCUT2D eigenvalue weighted by atomic mass is 16.4. The molecule has 0 amide bonds. The van der Waals surface area contributed by atoms with E-state index in [9.17, 15) is 4.79 Å². The molecule has 2 aliphatic rings. The number of nitrogens with zero attached hydrogens (tertiary/aromatic N) is 4. The Balaban J connectivity index is 1.78. The molecule has 0 aliphatic carbocycles. The maximum Gasteiger partial charge on any atom is 0.356 e. The zero-order chi connectivity index (χ0) is 12.5. The molecule has 6 nitrogen and oxygen atoms in total. The lowest BCUT2D eigenvalue weighted by Crippen LogP contribution is -2.50. The van der Waals surface area contributed by atoms with E-state index in [1.807, 2.05) is 0 Å². The van der Waals surface area contributed by atoms with Crippen molar-refractivity contribution >= 4 is 11.8 Å². The van der Waals surface area contributed by atoms with Crippen LogP contribution in [0.25, 0.3) is 0 Å². The summed E-state index contributed by atoms with van der Waals surface area (Å²) in [6, 6.07) is 0.592. The van der Waals surface area contributed by atoms with Crippen molar-refractivity contribution in [2.24, 2.45) is 0 Å². The zero-order valence-electron chi connectivity index (χ0n) is 10.1. The molecule has 2 saturated heterocycles. The Labute approximate surface area is 105 Å². The molecule has 1 aromatic heterocycles. The van der Waals surface area contributed by atoms with Gasteiger partial charge in [-0.1, -0.05) is 0 Å². The molecule has 3 rings (SSSR count). The molecule has 18 heavy (non-hydrogen) atoms. The molecule has 1 unspecified atom stereocenters. The van der Waals surface area contributed by atoms with Gasteiger partial charge in [-0.25, -0.2) is 9.78 Å². The zero-order valence-corrected chi connectivity index (χ0v) is 10.1. The number of anilines is 1. The molecule has 1 N–H and O–H groups in total. The van der Waals surface area contributed by atoms with Crippen molar-refractivity contribution in [3.63, 3.8) is 0 Å². The van der Waals surface area contributed by atoms with Crippen LogP contribution in [0.2, 0.25) is 0 Å². The second-order valence-electron chi connectivity index (χ2n) is 4.85. The van der Waals surface area contributed by atoms with E-state index in [4.69, 9.17) is 5.11 Å². The van der Waals surface area contributed by atoms with Gasteiger partial charge in [-0.3, -0.25) is 9.88 Å². The molecule has 1 atom stereocenters. The molecular weight excluding hydrogens is 232 g/mol. The summed E-state index contributed by atoms with van der Waals surface area (Å²) in [5.74, 6) is -0.342. The van der Waals surface area contributed by atoms with Gasteiger partial charge in [0, 0.05) is 25.7 Å². The number of rotatable bonds is 2. The first-order valence-corrected chi connectivity index (χ1v) is 6.28. The van der Waals surface area contributed by atoms with Gasteiger partial charge in [0.2, 0.25) is 0 Å². The molecule has 0 aromatic carbocycles. The van der Waals surface area contributed by atoms with E-state index in [0.29, 0.717) is 11.9 Å². The number of carboxylic acid groups (broad SMARTS) is 1. The van der Waals surface area contributed by atoms with Gasteiger partial charge in [0.15, 0.2) is 5.69 Å². The third-order valence-electron chi connectivity index (χ3n) is 3.75. The SMILES string of the molecule is O=C(O)c1cncc(N2CCN3CCCC3C2)n1. The fourth-order valence-corrected chi connectivity index (χ4v) is 2.81. The lowest BCUT2D eigenvalue weighted by atomic mass is 10.1. The van der Waals surface area contributed by atoms with Crippen molar-refractivity contribution < 1.29 is 9.90 Å². The fraction of sp³-hybridized carbons (Fsp3) is 0.583. The van der Waals surface area contributed by atoms with Crippen LogP contribution in [0, 0.1) is 0 Å². The lowest BCUT2D eigenvalue weighted by Gasteiger charge is -2.37. The largest absolute Gasteiger partial charge is 0.476 e. The first-order valence-electron chi connectivity index (χ1n) is 6.28. The summed E-state index contributed by atoms with van der Waals surface area (Å²) < 4.78 is 0. The van der Waals surface area contributed by atoms with Crippen molar-refractivity contribution in [3.8, 4) is 0 Å². The van der Waals surface area contributed by atoms with Gasteiger partial charge in [0.1, 0.15) is 5.82 Å². The number of carboxylic acids is 1. The predicted octanol–water partition coefficient (Wildman–Crippen LogP) is 0.459. The molecule has 2 aliphatic heterocycles. The summed E-state index contributed by atoms with van der Waals surface area (Å²) in [5.41, 5.74) is 0.0151. The quantitative estimate of drug-likeness (QED) is 0.820. The first-order chi connectivity index (χ1) is 8.74. The summed E-state index contributed by atoms with van der Waals surface area (Å²) >= 11 is 0. The molecule has 3 heterocycles. The Hall–Kier alpha value is -1.69. The highest BCUT2D eigenvalue weighted by Crippen LogP contribution is 2.24. The Kier molecular flexibility index (Phi) is 2.87. The number of aromatic nitrogens is 2. The van der Waals surface area contributed by atoms with Gasteiger partial charge in [-0.05, 0) is 19.4 Å². The standard InChI is InChI=1S/C12H16N4O2/c17-12(18)10-6-13-7-11(14-10)16-5-4-15-3-1-2-9(15)8-16/h6-7,9H,1-5,8H2,(H,17,18). The van der Waals surface area contributed by atoms with Gasteiger partial charge >= 0.3 is 5.97 Å². The number of fused-ring (bicyclic) bond motifs is 1. The summed E-state index contributed by atoms with van der Waals surface area (Å²) in [6.45, 7) is 4.05. The van der Waals surface area contributed by atoms with Crippen LogP contribution >= 0.6 is 0 Å². The van der Waals surface area contributed by atoms with Crippen molar-refractivity contribution in [3.05, 3.63) is 18.1 Å². The smallest absolute Gasteiger partial charge is 0.356 e. The van der Waals surface area contributed by atoms with E-state index in [1.54, 1.807) is 6.20 Å². The first kappa shape index (κ1) is 11.4. The monoisotopic (exact) mass is 248 g/mol. The topological polar surface area (TPSA) is 69.6 Å². The second kappa shape index (κ2) is 4.53. The van der Waals surface area contributed by atoms with Crippen molar-refractivity contribution in [1.29, 1.82) is 0 Å². The van der Waals surface area contributed by atoms with Crippen LogP contribution in [0.1, 0.15) is 23.3 Å². The fourth-order valence-electron chi connectivity index (χ4n) is 2.81. The Morgan fingerprint density at radius 1 is 1.33 bits per heavy atom. The maximum atomic E-state index is 10.9. The Morgan fingerprint density at radius 2 is 2.22 bits per heavy atom. The van der Waals surface area contributed by atoms with Crippen LogP contribution in [0.3, 0.4) is 0 Å². The Morgan fingerprint density at radius 3 is 3.06 bits per heavy atom. The van der Waals surface area contributed by atoms with E-state index >= 15 is 0 Å². The molecule has 0 bridgehead atoms. The third kappa shape index (κ3) is 2.03. The van der Waals surface area contributed by atoms with E-state index in [1.165, 1.54) is 25.6 Å². The van der Waals surface area contributed by atoms with Crippen LogP contribution in [0.15, 0.2) is 12.4 Å². The molecule has 6 heteroatoms. The van der Waals surface area contributed by atoms with E-state index in [2.05, 4.69) is 19.8 Å². The molecule has 96 valence electrons. The average Bonchev–Trinajstić information content (AvgIpc) is 2.86. The second-order valence-corrected chi connectivity index (χ2v) is 4.85. The number of aromatic carboxylic acids is 1. The molecule has 0 saturated carbocycles. The highest BCUT2D eigenvalue weighted by molar-refractivity contribution is 5.85. The number of piperazine rings is 1. The minimum atomic E-state index is -1.02. The minimum Gasteiger partial charge on any atom is -0.476 e. The van der Waals surface area contributed by atoms with Crippen LogP contribution in [0.4, 0.5) is 5.82 Å². The van der Waals surface area contributed by atoms with Gasteiger partial charge in [-0.15, -0.1) is 0 Å². The van der Waals surface area contributed by atoms with Gasteiger partial charge < -0.3 is 10.0 Å². The van der Waals surface area contributed by atoms with Crippen molar-refractivity contribution in [2.75, 3.05) is 31.1 Å². The summed E-state index contributed by atoms with van der Waals surface area (Å²) in [5, 5.41) is 8.93. The molecule has 1 aromatic rings. The molecule has 0 spiro atoms. The van der Waals surface area contributed by atoms with Crippen LogP contribution in [-0.2, 0) is 0 Å². The Bertz CT molecular complexity index is 465. The van der Waals surface area contributed by atoms with Gasteiger partial charge in [0.25, 0.3) is 0 Å².